The van der Waals surface area contributed by atoms with Gasteiger partial charge in [-0.25, -0.2) is 0 Å². The lowest BCUT2D eigenvalue weighted by atomic mass is 10.1. The maximum absolute atomic E-state index is 9.28. The third-order valence-corrected chi connectivity index (χ3v) is 3.94. The van der Waals surface area contributed by atoms with E-state index in [0.29, 0.717) is 18.6 Å². The molecule has 0 saturated heterocycles. The first-order valence-corrected chi connectivity index (χ1v) is 7.72. The molecule has 0 spiro atoms. The summed E-state index contributed by atoms with van der Waals surface area (Å²) >= 11 is 0. The molecular formula is C16H29N3O. The summed E-state index contributed by atoms with van der Waals surface area (Å²) in [7, 11) is 1.96. The molecule has 0 radical (unpaired) electrons. The number of aliphatic hydroxyl groups excluding tert-OH is 1. The van der Waals surface area contributed by atoms with Crippen LogP contribution in [0.4, 0.5) is 5.69 Å². The number of aromatic nitrogens is 1. The van der Waals surface area contributed by atoms with Crippen molar-refractivity contribution in [3.05, 3.63) is 24.0 Å². The van der Waals surface area contributed by atoms with Gasteiger partial charge in [-0.3, -0.25) is 4.98 Å². The first-order chi connectivity index (χ1) is 9.71. The van der Waals surface area contributed by atoms with E-state index in [9.17, 15) is 5.11 Å². The Morgan fingerprint density at radius 3 is 2.30 bits per heavy atom. The minimum atomic E-state index is 0.173. The molecule has 0 amide bonds. The van der Waals surface area contributed by atoms with E-state index in [2.05, 4.69) is 48.1 Å². The van der Waals surface area contributed by atoms with E-state index in [1.807, 2.05) is 13.2 Å². The standard InChI is InChI=1S/C16H29N3O/c1-5-13(6-2)19(10-11-20)14-8-9-16(18-12-14)15(7-3)17-4/h8-9,12-13,15,17,20H,5-7,10-11H2,1-4H3. The molecule has 0 aromatic carbocycles. The van der Waals surface area contributed by atoms with Crippen molar-refractivity contribution in [2.45, 2.75) is 52.1 Å². The number of anilines is 1. The van der Waals surface area contributed by atoms with Crippen molar-refractivity contribution in [3.8, 4) is 0 Å². The highest BCUT2D eigenvalue weighted by atomic mass is 16.3. The van der Waals surface area contributed by atoms with Crippen molar-refractivity contribution in [3.63, 3.8) is 0 Å². The molecule has 0 bridgehead atoms. The number of aliphatic hydroxyl groups is 1. The number of hydrogen-bond donors (Lipinski definition) is 2. The maximum Gasteiger partial charge on any atom is 0.0606 e. The Labute approximate surface area is 123 Å². The molecule has 1 heterocycles. The predicted molar refractivity (Wildman–Crippen MR) is 85.1 cm³/mol. The van der Waals surface area contributed by atoms with Crippen molar-refractivity contribution in [2.24, 2.45) is 0 Å². The van der Waals surface area contributed by atoms with Crippen molar-refractivity contribution in [2.75, 3.05) is 25.1 Å². The monoisotopic (exact) mass is 279 g/mol. The molecule has 0 aliphatic carbocycles. The largest absolute Gasteiger partial charge is 0.395 e. The first-order valence-electron chi connectivity index (χ1n) is 7.72. The Morgan fingerprint density at radius 2 is 1.90 bits per heavy atom. The van der Waals surface area contributed by atoms with Crippen LogP contribution in [0.1, 0.15) is 51.8 Å². The van der Waals surface area contributed by atoms with E-state index >= 15 is 0 Å². The van der Waals surface area contributed by atoms with Crippen LogP contribution in [0.5, 0.6) is 0 Å². The first kappa shape index (κ1) is 16.9. The Bertz CT molecular complexity index is 358. The summed E-state index contributed by atoms with van der Waals surface area (Å²) in [5.74, 6) is 0. The molecule has 1 atom stereocenters. The number of hydrogen-bond acceptors (Lipinski definition) is 4. The summed E-state index contributed by atoms with van der Waals surface area (Å²) in [6.07, 6.45) is 5.11. The van der Waals surface area contributed by atoms with Crippen molar-refractivity contribution in [1.29, 1.82) is 0 Å². The van der Waals surface area contributed by atoms with Gasteiger partial charge in [0.1, 0.15) is 0 Å². The summed E-state index contributed by atoms with van der Waals surface area (Å²) in [6.45, 7) is 7.37. The molecule has 1 unspecified atom stereocenters. The summed E-state index contributed by atoms with van der Waals surface area (Å²) in [4.78, 5) is 6.85. The molecule has 1 aromatic rings. The van der Waals surface area contributed by atoms with E-state index < -0.39 is 0 Å². The molecular weight excluding hydrogens is 250 g/mol. The number of nitrogens with zero attached hydrogens (tertiary/aromatic N) is 2. The van der Waals surface area contributed by atoms with Gasteiger partial charge in [0, 0.05) is 18.6 Å². The van der Waals surface area contributed by atoms with E-state index in [-0.39, 0.29) is 6.61 Å². The molecule has 1 rings (SSSR count). The third kappa shape index (κ3) is 4.18. The van der Waals surface area contributed by atoms with Gasteiger partial charge < -0.3 is 15.3 Å². The topological polar surface area (TPSA) is 48.4 Å². The minimum absolute atomic E-state index is 0.173. The lowest BCUT2D eigenvalue weighted by Crippen LogP contribution is -2.36. The van der Waals surface area contributed by atoms with Gasteiger partial charge >= 0.3 is 0 Å². The van der Waals surface area contributed by atoms with Crippen molar-refractivity contribution >= 4 is 5.69 Å². The predicted octanol–water partition coefficient (Wildman–Crippen LogP) is 2.74. The van der Waals surface area contributed by atoms with Gasteiger partial charge in [-0.05, 0) is 38.4 Å². The van der Waals surface area contributed by atoms with Gasteiger partial charge in [0.2, 0.25) is 0 Å². The molecule has 4 nitrogen and oxygen atoms in total. The van der Waals surface area contributed by atoms with E-state index in [1.54, 1.807) is 0 Å². The van der Waals surface area contributed by atoms with Gasteiger partial charge in [0.15, 0.2) is 0 Å². The number of rotatable bonds is 9. The fourth-order valence-electron chi connectivity index (χ4n) is 2.69. The van der Waals surface area contributed by atoms with Crippen molar-refractivity contribution < 1.29 is 5.11 Å². The summed E-state index contributed by atoms with van der Waals surface area (Å²) in [5, 5.41) is 12.6. The zero-order chi connectivity index (χ0) is 15.0. The van der Waals surface area contributed by atoms with Gasteiger partial charge in [-0.15, -0.1) is 0 Å². The third-order valence-electron chi connectivity index (χ3n) is 3.94. The minimum Gasteiger partial charge on any atom is -0.395 e. The number of nitrogens with one attached hydrogen (secondary N) is 1. The smallest absolute Gasteiger partial charge is 0.0606 e. The summed E-state index contributed by atoms with van der Waals surface area (Å²) in [5.41, 5.74) is 2.18. The average Bonchev–Trinajstić information content (AvgIpc) is 2.49. The van der Waals surface area contributed by atoms with E-state index in [0.717, 1.165) is 30.6 Å². The van der Waals surface area contributed by atoms with Crippen LogP contribution in [0.25, 0.3) is 0 Å². The molecule has 2 N–H and O–H groups in total. The van der Waals surface area contributed by atoms with Crippen LogP contribution in [-0.4, -0.2) is 36.3 Å². The Morgan fingerprint density at radius 1 is 1.20 bits per heavy atom. The van der Waals surface area contributed by atoms with Gasteiger partial charge in [-0.2, -0.15) is 0 Å². The van der Waals surface area contributed by atoms with Gasteiger partial charge in [0.25, 0.3) is 0 Å². The van der Waals surface area contributed by atoms with Crippen LogP contribution < -0.4 is 10.2 Å². The molecule has 0 fully saturated rings. The van der Waals surface area contributed by atoms with E-state index in [1.165, 1.54) is 0 Å². The summed E-state index contributed by atoms with van der Waals surface area (Å²) in [6, 6.07) is 4.98. The second-order valence-corrected chi connectivity index (χ2v) is 5.08. The highest BCUT2D eigenvalue weighted by Crippen LogP contribution is 2.22. The van der Waals surface area contributed by atoms with Crippen LogP contribution in [0.2, 0.25) is 0 Å². The number of pyridine rings is 1. The highest BCUT2D eigenvalue weighted by Gasteiger charge is 2.16. The van der Waals surface area contributed by atoms with Crippen molar-refractivity contribution in [1.82, 2.24) is 10.3 Å². The highest BCUT2D eigenvalue weighted by molar-refractivity contribution is 5.46. The molecule has 0 saturated carbocycles. The fraction of sp³-hybridized carbons (Fsp3) is 0.688. The fourth-order valence-corrected chi connectivity index (χ4v) is 2.69. The lowest BCUT2D eigenvalue weighted by molar-refractivity contribution is 0.296. The molecule has 4 heteroatoms. The van der Waals surface area contributed by atoms with Crippen LogP contribution >= 0.6 is 0 Å². The SMILES string of the molecule is CCC(NC)c1ccc(N(CCO)C(CC)CC)cn1. The maximum atomic E-state index is 9.28. The Hall–Kier alpha value is -1.13. The van der Waals surface area contributed by atoms with E-state index in [4.69, 9.17) is 0 Å². The second-order valence-electron chi connectivity index (χ2n) is 5.08. The molecule has 0 aliphatic rings. The molecule has 114 valence electrons. The quantitative estimate of drug-likeness (QED) is 0.730. The average molecular weight is 279 g/mol. The van der Waals surface area contributed by atoms with Gasteiger partial charge in [0.05, 0.1) is 24.2 Å². The molecule has 0 aliphatic heterocycles. The normalized spacial score (nSPS) is 12.7. The second kappa shape index (κ2) is 8.93. The van der Waals surface area contributed by atoms with Crippen LogP contribution in [0.3, 0.4) is 0 Å². The Kier molecular flexibility index (Phi) is 7.55. The van der Waals surface area contributed by atoms with Crippen LogP contribution in [-0.2, 0) is 0 Å². The molecule has 20 heavy (non-hydrogen) atoms. The molecule has 1 aromatic heterocycles. The van der Waals surface area contributed by atoms with Gasteiger partial charge in [-0.1, -0.05) is 20.8 Å². The van der Waals surface area contributed by atoms with Crippen LogP contribution in [0.15, 0.2) is 18.3 Å². The van der Waals surface area contributed by atoms with Crippen LogP contribution in [0, 0.1) is 0 Å². The lowest BCUT2D eigenvalue weighted by Gasteiger charge is -2.32. The Balaban J connectivity index is 2.92. The summed E-state index contributed by atoms with van der Waals surface area (Å²) < 4.78 is 0. The zero-order valence-electron chi connectivity index (χ0n) is 13.3. The zero-order valence-corrected chi connectivity index (χ0v) is 13.3.